The highest BCUT2D eigenvalue weighted by Gasteiger charge is 2.41. The van der Waals surface area contributed by atoms with E-state index >= 15 is 0 Å². The Bertz CT molecular complexity index is 511. The second kappa shape index (κ2) is 6.39. The van der Waals surface area contributed by atoms with E-state index in [2.05, 4.69) is 17.0 Å². The predicted octanol–water partition coefficient (Wildman–Crippen LogP) is 2.73. The molecule has 0 saturated carbocycles. The summed E-state index contributed by atoms with van der Waals surface area (Å²) in [5.41, 5.74) is 1.42. The summed E-state index contributed by atoms with van der Waals surface area (Å²) < 4.78 is 5.14. The second-order valence-electron chi connectivity index (χ2n) is 6.26. The summed E-state index contributed by atoms with van der Waals surface area (Å²) in [6.45, 7) is 8.37. The highest BCUT2D eigenvalue weighted by molar-refractivity contribution is 6.04. The number of hydrogen-bond donors (Lipinski definition) is 1. The van der Waals surface area contributed by atoms with Crippen LogP contribution in [0.2, 0.25) is 0 Å². The number of carbonyl (C=O) groups is 1. The molecule has 0 aromatic heterocycles. The first kappa shape index (κ1) is 15.7. The molecule has 1 saturated heterocycles. The maximum absolute atomic E-state index is 12.1. The van der Waals surface area contributed by atoms with Crippen LogP contribution in [0, 0.1) is 16.7 Å². The van der Waals surface area contributed by atoms with Crippen LogP contribution in [0.4, 0.5) is 0 Å². The van der Waals surface area contributed by atoms with E-state index in [9.17, 15) is 4.79 Å². The molecule has 4 heteroatoms. The molecule has 0 amide bonds. The van der Waals surface area contributed by atoms with E-state index in [4.69, 9.17) is 10.1 Å². The summed E-state index contributed by atoms with van der Waals surface area (Å²) in [6, 6.07) is 10.2. The zero-order valence-electron chi connectivity index (χ0n) is 13.1. The highest BCUT2D eigenvalue weighted by atomic mass is 16.5. The molecule has 114 valence electrons. The number of ether oxygens (including phenoxy) is 1. The van der Waals surface area contributed by atoms with Crippen molar-refractivity contribution in [2.75, 3.05) is 19.7 Å². The van der Waals surface area contributed by atoms with Gasteiger partial charge in [0.1, 0.15) is 5.92 Å². The SMILES string of the molecule is CCOC(=O)C1CN(Cc2ccccc2)CC(C)(C)C1=N. The van der Waals surface area contributed by atoms with Crippen LogP contribution in [0.1, 0.15) is 26.3 Å². The fraction of sp³-hybridized carbons (Fsp3) is 0.529. The largest absolute Gasteiger partial charge is 0.465 e. The maximum atomic E-state index is 12.1. The third-order valence-electron chi connectivity index (χ3n) is 3.96. The van der Waals surface area contributed by atoms with Gasteiger partial charge in [-0.25, -0.2) is 0 Å². The molecule has 1 aliphatic rings. The first-order valence-corrected chi connectivity index (χ1v) is 7.46. The van der Waals surface area contributed by atoms with Gasteiger partial charge in [-0.3, -0.25) is 9.69 Å². The average Bonchev–Trinajstić information content (AvgIpc) is 2.43. The van der Waals surface area contributed by atoms with Crippen LogP contribution in [0.25, 0.3) is 0 Å². The molecule has 0 bridgehead atoms. The van der Waals surface area contributed by atoms with E-state index in [0.29, 0.717) is 18.9 Å². The Morgan fingerprint density at radius 2 is 2.05 bits per heavy atom. The third kappa shape index (κ3) is 3.70. The number of nitrogens with one attached hydrogen (secondary N) is 1. The number of benzene rings is 1. The van der Waals surface area contributed by atoms with Crippen molar-refractivity contribution in [1.82, 2.24) is 4.90 Å². The number of nitrogens with zero attached hydrogens (tertiary/aromatic N) is 1. The molecule has 1 fully saturated rings. The van der Waals surface area contributed by atoms with Gasteiger partial charge in [-0.1, -0.05) is 44.2 Å². The van der Waals surface area contributed by atoms with Crippen LogP contribution in [0.5, 0.6) is 0 Å². The van der Waals surface area contributed by atoms with Crippen molar-refractivity contribution in [2.24, 2.45) is 11.3 Å². The minimum atomic E-state index is -0.447. The Hall–Kier alpha value is -1.68. The van der Waals surface area contributed by atoms with Crippen molar-refractivity contribution in [2.45, 2.75) is 27.3 Å². The first-order valence-electron chi connectivity index (χ1n) is 7.46. The third-order valence-corrected chi connectivity index (χ3v) is 3.96. The molecule has 2 rings (SSSR count). The van der Waals surface area contributed by atoms with Crippen molar-refractivity contribution in [3.8, 4) is 0 Å². The van der Waals surface area contributed by atoms with Crippen LogP contribution in [0.15, 0.2) is 30.3 Å². The molecule has 0 spiro atoms. The molecule has 21 heavy (non-hydrogen) atoms. The van der Waals surface area contributed by atoms with Crippen molar-refractivity contribution in [3.05, 3.63) is 35.9 Å². The molecule has 1 atom stereocenters. The van der Waals surface area contributed by atoms with E-state index in [-0.39, 0.29) is 11.4 Å². The minimum absolute atomic E-state index is 0.270. The van der Waals surface area contributed by atoms with Gasteiger partial charge in [0.25, 0.3) is 0 Å². The van der Waals surface area contributed by atoms with Gasteiger partial charge in [-0.15, -0.1) is 0 Å². The van der Waals surface area contributed by atoms with Gasteiger partial charge in [0.05, 0.1) is 6.61 Å². The molecule has 0 aliphatic carbocycles. The van der Waals surface area contributed by atoms with Crippen LogP contribution in [0.3, 0.4) is 0 Å². The fourth-order valence-corrected chi connectivity index (χ4v) is 2.93. The van der Waals surface area contributed by atoms with Gasteiger partial charge < -0.3 is 10.1 Å². The molecule has 1 heterocycles. The zero-order valence-corrected chi connectivity index (χ0v) is 13.1. The number of carbonyl (C=O) groups excluding carboxylic acids is 1. The molecular weight excluding hydrogens is 264 g/mol. The summed E-state index contributed by atoms with van der Waals surface area (Å²) in [4.78, 5) is 14.3. The monoisotopic (exact) mass is 288 g/mol. The number of esters is 1. The normalized spacial score (nSPS) is 22.0. The molecule has 1 N–H and O–H groups in total. The Labute approximate surface area is 126 Å². The van der Waals surface area contributed by atoms with Crippen LogP contribution in [-0.4, -0.2) is 36.3 Å². The van der Waals surface area contributed by atoms with E-state index < -0.39 is 5.92 Å². The molecule has 1 aliphatic heterocycles. The van der Waals surface area contributed by atoms with Crippen molar-refractivity contribution < 1.29 is 9.53 Å². The molecule has 1 aromatic rings. The van der Waals surface area contributed by atoms with Gasteiger partial charge in [0.2, 0.25) is 0 Å². The molecule has 4 nitrogen and oxygen atoms in total. The smallest absolute Gasteiger partial charge is 0.315 e. The molecule has 1 unspecified atom stereocenters. The van der Waals surface area contributed by atoms with Gasteiger partial charge in [0.15, 0.2) is 0 Å². The summed E-state index contributed by atoms with van der Waals surface area (Å²) >= 11 is 0. The number of piperidine rings is 1. The zero-order chi connectivity index (χ0) is 15.5. The number of rotatable bonds is 4. The van der Waals surface area contributed by atoms with Gasteiger partial charge in [-0.05, 0) is 12.5 Å². The van der Waals surface area contributed by atoms with E-state index in [1.807, 2.05) is 32.0 Å². The van der Waals surface area contributed by atoms with Crippen molar-refractivity contribution in [3.63, 3.8) is 0 Å². The quantitative estimate of drug-likeness (QED) is 0.867. The van der Waals surface area contributed by atoms with Crippen molar-refractivity contribution >= 4 is 11.7 Å². The fourth-order valence-electron chi connectivity index (χ4n) is 2.93. The minimum Gasteiger partial charge on any atom is -0.465 e. The van der Waals surface area contributed by atoms with Crippen LogP contribution in [-0.2, 0) is 16.1 Å². The van der Waals surface area contributed by atoms with Crippen LogP contribution < -0.4 is 0 Å². The Morgan fingerprint density at radius 3 is 2.67 bits per heavy atom. The molecule has 1 aromatic carbocycles. The summed E-state index contributed by atoms with van der Waals surface area (Å²) in [5, 5.41) is 8.30. The van der Waals surface area contributed by atoms with Gasteiger partial charge in [0, 0.05) is 30.8 Å². The van der Waals surface area contributed by atoms with Gasteiger partial charge >= 0.3 is 5.97 Å². The summed E-state index contributed by atoms with van der Waals surface area (Å²) in [7, 11) is 0. The highest BCUT2D eigenvalue weighted by Crippen LogP contribution is 2.30. The van der Waals surface area contributed by atoms with Crippen molar-refractivity contribution in [1.29, 1.82) is 5.41 Å². The van der Waals surface area contributed by atoms with E-state index in [1.165, 1.54) is 5.56 Å². The molecular formula is C17H24N2O2. The maximum Gasteiger partial charge on any atom is 0.315 e. The lowest BCUT2D eigenvalue weighted by Crippen LogP contribution is -2.53. The lowest BCUT2D eigenvalue weighted by atomic mass is 9.76. The standard InChI is InChI=1S/C17H24N2O2/c1-4-21-16(20)14-11-19(12-17(2,3)15(14)18)10-13-8-6-5-7-9-13/h5-9,14,18H,4,10-12H2,1-3H3. The Morgan fingerprint density at radius 1 is 1.38 bits per heavy atom. The molecule has 0 radical (unpaired) electrons. The van der Waals surface area contributed by atoms with E-state index in [1.54, 1.807) is 6.92 Å². The van der Waals surface area contributed by atoms with Gasteiger partial charge in [-0.2, -0.15) is 0 Å². The summed E-state index contributed by atoms with van der Waals surface area (Å²) in [6.07, 6.45) is 0. The number of likely N-dealkylation sites (tertiary alicyclic amines) is 1. The predicted molar refractivity (Wildman–Crippen MR) is 83.3 cm³/mol. The number of hydrogen-bond acceptors (Lipinski definition) is 4. The lowest BCUT2D eigenvalue weighted by Gasteiger charge is -2.42. The second-order valence-corrected chi connectivity index (χ2v) is 6.26. The lowest BCUT2D eigenvalue weighted by molar-refractivity contribution is -0.147. The Balaban J connectivity index is 2.13. The summed E-state index contributed by atoms with van der Waals surface area (Å²) in [5.74, 6) is -0.717. The Kier molecular flexibility index (Phi) is 4.78. The van der Waals surface area contributed by atoms with E-state index in [0.717, 1.165) is 13.1 Å². The van der Waals surface area contributed by atoms with Crippen LogP contribution >= 0.6 is 0 Å². The topological polar surface area (TPSA) is 53.4 Å². The first-order chi connectivity index (χ1) is 9.94. The average molecular weight is 288 g/mol.